The van der Waals surface area contributed by atoms with Crippen molar-refractivity contribution in [2.75, 3.05) is 14.2 Å². The van der Waals surface area contributed by atoms with Crippen LogP contribution in [-0.2, 0) is 34.2 Å². The molecule has 124 valence electrons. The van der Waals surface area contributed by atoms with Gasteiger partial charge in [0, 0.05) is 17.8 Å². The molecular formula is C16H14N2O6. The van der Waals surface area contributed by atoms with Crippen LogP contribution in [0.3, 0.4) is 0 Å². The Kier molecular flexibility index (Phi) is 4.55. The summed E-state index contributed by atoms with van der Waals surface area (Å²) in [6.07, 6.45) is 0. The van der Waals surface area contributed by atoms with Crippen molar-refractivity contribution in [2.24, 2.45) is 0 Å². The maximum Gasteiger partial charge on any atom is 0.367 e. The molecule has 0 unspecified atom stereocenters. The molecule has 0 radical (unpaired) electrons. The number of fused-ring (bicyclic) bond motifs is 1. The van der Waals surface area contributed by atoms with Crippen LogP contribution in [0.25, 0.3) is 10.9 Å². The highest BCUT2D eigenvalue weighted by atomic mass is 16.6. The van der Waals surface area contributed by atoms with Crippen molar-refractivity contribution in [1.29, 1.82) is 5.26 Å². The van der Waals surface area contributed by atoms with Crippen molar-refractivity contribution in [3.63, 3.8) is 0 Å². The van der Waals surface area contributed by atoms with E-state index in [-0.39, 0.29) is 11.3 Å². The zero-order valence-electron chi connectivity index (χ0n) is 13.2. The monoisotopic (exact) mass is 330 g/mol. The fraction of sp³-hybridized carbons (Fsp3) is 0.250. The van der Waals surface area contributed by atoms with Gasteiger partial charge in [-0.25, -0.2) is 9.59 Å². The van der Waals surface area contributed by atoms with Gasteiger partial charge in [0.1, 0.15) is 11.8 Å². The number of ether oxygens (including phenoxy) is 3. The molecule has 0 spiro atoms. The highest BCUT2D eigenvalue weighted by Crippen LogP contribution is 2.37. The number of rotatable bonds is 4. The highest BCUT2D eigenvalue weighted by Gasteiger charge is 2.57. The number of methoxy groups -OCH3 is 2. The fourth-order valence-corrected chi connectivity index (χ4v) is 2.52. The largest absolute Gasteiger partial charge is 0.465 e. The van der Waals surface area contributed by atoms with Crippen LogP contribution in [0, 0.1) is 11.3 Å². The molecule has 0 saturated heterocycles. The van der Waals surface area contributed by atoms with E-state index < -0.39 is 23.5 Å². The number of nitrogens with one attached hydrogen (secondary N) is 1. The Hall–Kier alpha value is -3.34. The molecule has 0 atom stereocenters. The summed E-state index contributed by atoms with van der Waals surface area (Å²) in [5.74, 6) is -3.27. The Morgan fingerprint density at radius 2 is 1.71 bits per heavy atom. The van der Waals surface area contributed by atoms with Gasteiger partial charge in [-0.05, 0) is 6.07 Å². The molecule has 0 saturated carbocycles. The average molecular weight is 330 g/mol. The van der Waals surface area contributed by atoms with E-state index >= 15 is 0 Å². The molecular weight excluding hydrogens is 316 g/mol. The Labute approximate surface area is 136 Å². The number of carbonyl (C=O) groups is 3. The number of carbonyl (C=O) groups excluding carboxylic acids is 3. The van der Waals surface area contributed by atoms with Gasteiger partial charge in [-0.2, -0.15) is 5.26 Å². The van der Waals surface area contributed by atoms with Crippen molar-refractivity contribution in [3.8, 4) is 6.07 Å². The van der Waals surface area contributed by atoms with Crippen LogP contribution < -0.4 is 0 Å². The predicted molar refractivity (Wildman–Crippen MR) is 80.5 cm³/mol. The zero-order valence-corrected chi connectivity index (χ0v) is 13.2. The number of aromatic nitrogens is 1. The molecule has 1 heterocycles. The Bertz CT molecular complexity index is 845. The van der Waals surface area contributed by atoms with Crippen LogP contribution in [0.1, 0.15) is 18.2 Å². The fourth-order valence-electron chi connectivity index (χ4n) is 2.52. The lowest BCUT2D eigenvalue weighted by molar-refractivity contribution is -0.194. The van der Waals surface area contributed by atoms with Crippen LogP contribution in [-0.4, -0.2) is 37.1 Å². The summed E-state index contributed by atoms with van der Waals surface area (Å²) in [7, 11) is 2.06. The first kappa shape index (κ1) is 17.0. The first-order valence-electron chi connectivity index (χ1n) is 6.80. The van der Waals surface area contributed by atoms with E-state index in [2.05, 4.69) is 14.5 Å². The standard InChI is InChI=1S/C16H14N2O6/c1-9(19)24-16(14(20)22-2,15(21)23-3)13-10-6-4-5-7-11(10)18-12(13)8-17/h4-7,18H,1-3H3. The Morgan fingerprint density at radius 1 is 1.12 bits per heavy atom. The summed E-state index contributed by atoms with van der Waals surface area (Å²) in [6, 6.07) is 8.43. The summed E-state index contributed by atoms with van der Waals surface area (Å²) in [4.78, 5) is 39.3. The lowest BCUT2D eigenvalue weighted by atomic mass is 9.90. The molecule has 0 amide bonds. The maximum atomic E-state index is 12.5. The molecule has 1 aromatic carbocycles. The second-order valence-corrected chi connectivity index (χ2v) is 4.79. The van der Waals surface area contributed by atoms with Gasteiger partial charge in [0.05, 0.1) is 19.8 Å². The highest BCUT2D eigenvalue weighted by molar-refractivity contribution is 6.10. The minimum Gasteiger partial charge on any atom is -0.465 e. The quantitative estimate of drug-likeness (QED) is 0.507. The second-order valence-electron chi connectivity index (χ2n) is 4.79. The average Bonchev–Trinajstić information content (AvgIpc) is 2.96. The van der Waals surface area contributed by atoms with Gasteiger partial charge < -0.3 is 19.2 Å². The number of benzene rings is 1. The molecule has 24 heavy (non-hydrogen) atoms. The van der Waals surface area contributed by atoms with Gasteiger partial charge in [0.25, 0.3) is 0 Å². The van der Waals surface area contributed by atoms with Gasteiger partial charge in [-0.1, -0.05) is 18.2 Å². The number of aromatic amines is 1. The van der Waals surface area contributed by atoms with Gasteiger partial charge in [0.2, 0.25) is 0 Å². The topological polar surface area (TPSA) is 118 Å². The first-order valence-corrected chi connectivity index (χ1v) is 6.80. The number of para-hydroxylation sites is 1. The molecule has 0 aliphatic carbocycles. The number of esters is 3. The van der Waals surface area contributed by atoms with Crippen molar-refractivity contribution in [3.05, 3.63) is 35.5 Å². The van der Waals surface area contributed by atoms with Gasteiger partial charge in [0.15, 0.2) is 0 Å². The zero-order chi connectivity index (χ0) is 17.9. The van der Waals surface area contributed by atoms with Gasteiger partial charge >= 0.3 is 23.5 Å². The summed E-state index contributed by atoms with van der Waals surface area (Å²) in [5, 5.41) is 9.75. The predicted octanol–water partition coefficient (Wildman–Crippen LogP) is 1.14. The third kappa shape index (κ3) is 2.46. The number of H-pyrrole nitrogens is 1. The molecule has 8 nitrogen and oxygen atoms in total. The second kappa shape index (κ2) is 6.42. The molecule has 0 bridgehead atoms. The summed E-state index contributed by atoms with van der Waals surface area (Å²) < 4.78 is 14.4. The Morgan fingerprint density at radius 3 is 2.21 bits per heavy atom. The van der Waals surface area contributed by atoms with Crippen LogP contribution >= 0.6 is 0 Å². The van der Waals surface area contributed by atoms with Gasteiger partial charge in [-0.3, -0.25) is 4.79 Å². The lowest BCUT2D eigenvalue weighted by Crippen LogP contribution is -2.49. The van der Waals surface area contributed by atoms with Crippen molar-refractivity contribution < 1.29 is 28.6 Å². The van der Waals surface area contributed by atoms with Crippen molar-refractivity contribution in [2.45, 2.75) is 12.5 Å². The SMILES string of the molecule is COC(=O)C(OC(C)=O)(C(=O)OC)c1c(C#N)[nH]c2ccccc12. The number of nitriles is 1. The number of hydrogen-bond acceptors (Lipinski definition) is 7. The van der Waals surface area contributed by atoms with E-state index in [4.69, 9.17) is 4.74 Å². The molecule has 1 aromatic heterocycles. The molecule has 2 aromatic rings. The first-order chi connectivity index (χ1) is 11.4. The molecule has 0 aliphatic heterocycles. The molecule has 0 aliphatic rings. The third-order valence-corrected chi connectivity index (χ3v) is 3.41. The maximum absolute atomic E-state index is 12.5. The van der Waals surface area contributed by atoms with E-state index in [9.17, 15) is 19.6 Å². The minimum absolute atomic E-state index is 0.117. The smallest absolute Gasteiger partial charge is 0.367 e. The minimum atomic E-state index is -2.54. The molecule has 0 fully saturated rings. The molecule has 1 N–H and O–H groups in total. The Balaban J connectivity index is 2.95. The molecule has 2 rings (SSSR count). The van der Waals surface area contributed by atoms with Gasteiger partial charge in [-0.15, -0.1) is 0 Å². The summed E-state index contributed by atoms with van der Waals surface area (Å²) in [5.41, 5.74) is -2.31. The molecule has 8 heteroatoms. The normalized spacial score (nSPS) is 10.8. The van der Waals surface area contributed by atoms with Crippen LogP contribution in [0.2, 0.25) is 0 Å². The van der Waals surface area contributed by atoms with E-state index in [0.29, 0.717) is 10.9 Å². The van der Waals surface area contributed by atoms with E-state index in [1.807, 2.05) is 6.07 Å². The number of nitrogens with zero attached hydrogens (tertiary/aromatic N) is 1. The third-order valence-electron chi connectivity index (χ3n) is 3.41. The van der Waals surface area contributed by atoms with E-state index in [1.165, 1.54) is 0 Å². The van der Waals surface area contributed by atoms with Crippen LogP contribution in [0.4, 0.5) is 0 Å². The number of hydrogen-bond donors (Lipinski definition) is 1. The summed E-state index contributed by atoms with van der Waals surface area (Å²) in [6.45, 7) is 1.03. The van der Waals surface area contributed by atoms with Crippen molar-refractivity contribution in [1.82, 2.24) is 4.98 Å². The summed E-state index contributed by atoms with van der Waals surface area (Å²) >= 11 is 0. The van der Waals surface area contributed by atoms with E-state index in [1.54, 1.807) is 24.3 Å². The van der Waals surface area contributed by atoms with Crippen molar-refractivity contribution >= 4 is 28.8 Å². The van der Waals surface area contributed by atoms with Crippen LogP contribution in [0.5, 0.6) is 0 Å². The van der Waals surface area contributed by atoms with E-state index in [0.717, 1.165) is 21.1 Å². The lowest BCUT2D eigenvalue weighted by Gasteiger charge is -2.27. The van der Waals surface area contributed by atoms with Crippen LogP contribution in [0.15, 0.2) is 24.3 Å².